The van der Waals surface area contributed by atoms with Gasteiger partial charge in [0, 0.05) is 18.1 Å². The molecule has 0 heterocycles. The van der Waals surface area contributed by atoms with E-state index in [1.165, 1.54) is 15.4 Å². The number of thioether (sulfide) groups is 1. The van der Waals surface area contributed by atoms with Crippen LogP contribution in [0.25, 0.3) is 0 Å². The third kappa shape index (κ3) is 6.78. The first kappa shape index (κ1) is 23.3. The zero-order chi connectivity index (χ0) is 21.4. The first-order valence-corrected chi connectivity index (χ1v) is 12.7. The molecule has 0 aromatic heterocycles. The van der Waals surface area contributed by atoms with E-state index in [1.807, 2.05) is 32.0 Å². The van der Waals surface area contributed by atoms with E-state index in [1.54, 1.807) is 30.0 Å². The molecule has 1 atom stereocenters. The Morgan fingerprint density at radius 2 is 1.86 bits per heavy atom. The minimum absolute atomic E-state index is 0.268. The second-order valence-corrected chi connectivity index (χ2v) is 10.1. The Morgan fingerprint density at radius 3 is 2.48 bits per heavy atom. The average molecular weight is 435 g/mol. The summed E-state index contributed by atoms with van der Waals surface area (Å²) >= 11 is 1.75. The van der Waals surface area contributed by atoms with Crippen molar-refractivity contribution >= 4 is 33.4 Å². The van der Waals surface area contributed by atoms with Gasteiger partial charge in [-0.25, -0.2) is 8.42 Å². The third-order valence-corrected chi connectivity index (χ3v) is 6.84. The Kier molecular flexibility index (Phi) is 8.59. The van der Waals surface area contributed by atoms with Crippen molar-refractivity contribution in [2.75, 3.05) is 22.9 Å². The van der Waals surface area contributed by atoms with Crippen LogP contribution in [-0.2, 0) is 20.6 Å². The van der Waals surface area contributed by atoms with Crippen molar-refractivity contribution in [3.63, 3.8) is 0 Å². The van der Waals surface area contributed by atoms with Gasteiger partial charge < -0.3 is 5.32 Å². The maximum Gasteiger partial charge on any atom is 0.243 e. The van der Waals surface area contributed by atoms with Gasteiger partial charge in [-0.15, -0.1) is 0 Å². The number of amides is 1. The smallest absolute Gasteiger partial charge is 0.243 e. The maximum absolute atomic E-state index is 12.8. The van der Waals surface area contributed by atoms with E-state index >= 15 is 0 Å². The van der Waals surface area contributed by atoms with E-state index in [-0.39, 0.29) is 5.91 Å². The van der Waals surface area contributed by atoms with Crippen molar-refractivity contribution in [1.29, 1.82) is 0 Å². The largest absolute Gasteiger partial charge is 0.353 e. The minimum atomic E-state index is -3.60. The monoisotopic (exact) mass is 434 g/mol. The molecular formula is C22H30N2O3S2. The second kappa shape index (κ2) is 10.7. The number of nitrogens with zero attached hydrogens (tertiary/aromatic N) is 1. The van der Waals surface area contributed by atoms with Gasteiger partial charge in [0.1, 0.15) is 6.04 Å². The number of sulfonamides is 1. The quantitative estimate of drug-likeness (QED) is 0.576. The molecule has 0 aliphatic rings. The molecule has 2 rings (SSSR count). The lowest BCUT2D eigenvalue weighted by Gasteiger charge is -2.30. The molecule has 0 unspecified atom stereocenters. The fraction of sp³-hybridized carbons (Fsp3) is 0.409. The molecular weight excluding hydrogens is 404 g/mol. The van der Waals surface area contributed by atoms with Crippen molar-refractivity contribution < 1.29 is 13.2 Å². The van der Waals surface area contributed by atoms with Crippen molar-refractivity contribution in [2.24, 2.45) is 0 Å². The number of rotatable bonds is 10. The summed E-state index contributed by atoms with van der Waals surface area (Å²) in [5.41, 5.74) is 4.01. The van der Waals surface area contributed by atoms with Crippen molar-refractivity contribution in [3.05, 3.63) is 65.2 Å². The van der Waals surface area contributed by atoms with Crippen LogP contribution in [0.15, 0.2) is 48.5 Å². The highest BCUT2D eigenvalue weighted by Crippen LogP contribution is 2.23. The molecule has 7 heteroatoms. The Bertz CT molecular complexity index is 929. The van der Waals surface area contributed by atoms with Gasteiger partial charge in [-0.05, 0) is 49.1 Å². The summed E-state index contributed by atoms with van der Waals surface area (Å²) in [6.45, 7) is 6.31. The molecule has 0 saturated carbocycles. The van der Waals surface area contributed by atoms with Crippen LogP contribution >= 0.6 is 11.8 Å². The molecule has 158 valence electrons. The Hall–Kier alpha value is -1.99. The van der Waals surface area contributed by atoms with Gasteiger partial charge in [-0.3, -0.25) is 9.10 Å². The molecule has 29 heavy (non-hydrogen) atoms. The maximum atomic E-state index is 12.8. The standard InChI is InChI=1S/C22H30N2O3S2/c1-5-21(24(29(4,26)27)20-12-8-9-17(2)15-20)22(25)23-13-14-28-16-19-11-7-6-10-18(19)3/h6-12,15,21H,5,13-14,16H2,1-4H3,(H,23,25)/t21-/m1/s1. The van der Waals surface area contributed by atoms with Crippen LogP contribution in [0.4, 0.5) is 5.69 Å². The topological polar surface area (TPSA) is 66.5 Å². The fourth-order valence-corrected chi connectivity index (χ4v) is 5.28. The number of nitrogens with one attached hydrogen (secondary N) is 1. The van der Waals surface area contributed by atoms with Crippen LogP contribution in [0.3, 0.4) is 0 Å². The zero-order valence-corrected chi connectivity index (χ0v) is 19.1. The van der Waals surface area contributed by atoms with E-state index in [9.17, 15) is 13.2 Å². The number of aryl methyl sites for hydroxylation is 2. The van der Waals surface area contributed by atoms with Crippen molar-refractivity contribution in [3.8, 4) is 0 Å². The predicted molar refractivity (Wildman–Crippen MR) is 123 cm³/mol. The molecule has 5 nitrogen and oxygen atoms in total. The lowest BCUT2D eigenvalue weighted by atomic mass is 10.1. The Balaban J connectivity index is 1.98. The number of anilines is 1. The normalized spacial score (nSPS) is 12.4. The average Bonchev–Trinajstić information content (AvgIpc) is 2.65. The minimum Gasteiger partial charge on any atom is -0.353 e. The first-order valence-electron chi connectivity index (χ1n) is 9.70. The summed E-state index contributed by atoms with van der Waals surface area (Å²) in [6.07, 6.45) is 1.53. The molecule has 2 aromatic carbocycles. The molecule has 2 aromatic rings. The SMILES string of the molecule is CC[C@H](C(=O)NCCSCc1ccccc1C)N(c1cccc(C)c1)S(C)(=O)=O. The molecule has 0 aliphatic heterocycles. The molecule has 0 radical (unpaired) electrons. The van der Waals surface area contributed by atoms with Crippen LogP contribution in [0.5, 0.6) is 0 Å². The van der Waals surface area contributed by atoms with Gasteiger partial charge in [0.05, 0.1) is 11.9 Å². The van der Waals surface area contributed by atoms with Gasteiger partial charge in [0.15, 0.2) is 0 Å². The number of carbonyl (C=O) groups is 1. The van der Waals surface area contributed by atoms with Gasteiger partial charge in [-0.1, -0.05) is 43.3 Å². The van der Waals surface area contributed by atoms with Gasteiger partial charge in [-0.2, -0.15) is 11.8 Å². The molecule has 0 spiro atoms. The number of benzene rings is 2. The molecule has 1 amide bonds. The lowest BCUT2D eigenvalue weighted by Crippen LogP contribution is -2.49. The highest BCUT2D eigenvalue weighted by Gasteiger charge is 2.31. The molecule has 0 aliphatic carbocycles. The third-order valence-electron chi connectivity index (χ3n) is 4.65. The van der Waals surface area contributed by atoms with Gasteiger partial charge >= 0.3 is 0 Å². The van der Waals surface area contributed by atoms with Gasteiger partial charge in [0.2, 0.25) is 15.9 Å². The number of hydrogen-bond acceptors (Lipinski definition) is 4. The number of carbonyl (C=O) groups excluding carboxylic acids is 1. The molecule has 0 saturated heterocycles. The van der Waals surface area contributed by atoms with Crippen LogP contribution in [0.1, 0.15) is 30.0 Å². The Labute approximate surface area is 178 Å². The van der Waals surface area contributed by atoms with E-state index in [2.05, 4.69) is 24.4 Å². The fourth-order valence-electron chi connectivity index (χ4n) is 3.14. The lowest BCUT2D eigenvalue weighted by molar-refractivity contribution is -0.122. The summed E-state index contributed by atoms with van der Waals surface area (Å²) in [5.74, 6) is 1.38. The van der Waals surface area contributed by atoms with E-state index in [0.717, 1.165) is 23.3 Å². The summed E-state index contributed by atoms with van der Waals surface area (Å²) in [6, 6.07) is 14.7. The van der Waals surface area contributed by atoms with Crippen molar-refractivity contribution in [2.45, 2.75) is 39.0 Å². The Morgan fingerprint density at radius 1 is 1.14 bits per heavy atom. The summed E-state index contributed by atoms with van der Waals surface area (Å²) in [4.78, 5) is 12.8. The summed E-state index contributed by atoms with van der Waals surface area (Å²) in [7, 11) is -3.60. The number of hydrogen-bond donors (Lipinski definition) is 1. The van der Waals surface area contributed by atoms with E-state index in [0.29, 0.717) is 18.7 Å². The van der Waals surface area contributed by atoms with Crippen LogP contribution < -0.4 is 9.62 Å². The van der Waals surface area contributed by atoms with E-state index < -0.39 is 16.1 Å². The van der Waals surface area contributed by atoms with Gasteiger partial charge in [0.25, 0.3) is 0 Å². The highest BCUT2D eigenvalue weighted by atomic mass is 32.2. The van der Waals surface area contributed by atoms with Crippen LogP contribution in [-0.4, -0.2) is 38.9 Å². The highest BCUT2D eigenvalue weighted by molar-refractivity contribution is 7.98. The first-order chi connectivity index (χ1) is 13.7. The van der Waals surface area contributed by atoms with E-state index in [4.69, 9.17) is 0 Å². The predicted octanol–water partition coefficient (Wildman–Crippen LogP) is 3.90. The summed E-state index contributed by atoms with van der Waals surface area (Å²) in [5, 5.41) is 2.91. The molecule has 0 bridgehead atoms. The van der Waals surface area contributed by atoms with Crippen LogP contribution in [0, 0.1) is 13.8 Å². The van der Waals surface area contributed by atoms with Crippen LogP contribution in [0.2, 0.25) is 0 Å². The second-order valence-electron chi connectivity index (χ2n) is 7.09. The summed E-state index contributed by atoms with van der Waals surface area (Å²) < 4.78 is 26.1. The zero-order valence-electron chi connectivity index (χ0n) is 17.5. The molecule has 1 N–H and O–H groups in total. The molecule has 0 fully saturated rings. The van der Waals surface area contributed by atoms with Crippen molar-refractivity contribution in [1.82, 2.24) is 5.32 Å².